The second kappa shape index (κ2) is 8.70. The number of carbonyl (C=O) groups is 1. The third kappa shape index (κ3) is 4.68. The predicted octanol–water partition coefficient (Wildman–Crippen LogP) is 4.45. The fourth-order valence-electron chi connectivity index (χ4n) is 2.67. The number of hydrogen-bond donors (Lipinski definition) is 3. The van der Waals surface area contributed by atoms with Crippen LogP contribution in [0.25, 0.3) is 0 Å². The molecule has 0 spiro atoms. The highest BCUT2D eigenvalue weighted by Gasteiger charge is 2.14. The van der Waals surface area contributed by atoms with Crippen molar-refractivity contribution < 1.29 is 4.79 Å². The summed E-state index contributed by atoms with van der Waals surface area (Å²) in [7, 11) is 0. The Labute approximate surface area is 175 Å². The van der Waals surface area contributed by atoms with Crippen LogP contribution in [0.4, 0.5) is 21.3 Å². The van der Waals surface area contributed by atoms with Gasteiger partial charge in [0, 0.05) is 34.5 Å². The van der Waals surface area contributed by atoms with Crippen molar-refractivity contribution in [3.05, 3.63) is 56.7 Å². The average molecular weight is 433 g/mol. The molecule has 10 heteroatoms. The Balaban J connectivity index is 1.25. The van der Waals surface area contributed by atoms with Crippen LogP contribution in [0, 0.1) is 0 Å². The van der Waals surface area contributed by atoms with E-state index >= 15 is 0 Å². The first kappa shape index (κ1) is 18.9. The van der Waals surface area contributed by atoms with Crippen LogP contribution >= 0.6 is 34.3 Å². The van der Waals surface area contributed by atoms with Gasteiger partial charge in [0.1, 0.15) is 6.67 Å². The molecule has 0 unspecified atom stereocenters. The SMILES string of the molecule is O=C(Nc1cccc(Cl)c1)Nc1ncc(CCNN2CN=Cc3sccc32)s1. The van der Waals surface area contributed by atoms with Crippen LogP contribution in [0.1, 0.15) is 9.75 Å². The highest BCUT2D eigenvalue weighted by atomic mass is 35.5. The van der Waals surface area contributed by atoms with Crippen molar-refractivity contribution in [2.24, 2.45) is 4.99 Å². The number of rotatable bonds is 6. The zero-order valence-corrected chi connectivity index (χ0v) is 17.1. The highest BCUT2D eigenvalue weighted by Crippen LogP contribution is 2.26. The van der Waals surface area contributed by atoms with E-state index in [1.807, 2.05) is 11.2 Å². The summed E-state index contributed by atoms with van der Waals surface area (Å²) in [4.78, 5) is 22.9. The van der Waals surface area contributed by atoms with Gasteiger partial charge in [0.05, 0.1) is 10.6 Å². The van der Waals surface area contributed by atoms with Gasteiger partial charge in [-0.3, -0.25) is 15.3 Å². The molecular formula is C18H17ClN6OS2. The molecule has 3 aromatic rings. The molecule has 4 rings (SSSR count). The maximum absolute atomic E-state index is 12.1. The van der Waals surface area contributed by atoms with E-state index in [-0.39, 0.29) is 6.03 Å². The van der Waals surface area contributed by atoms with Gasteiger partial charge in [-0.05, 0) is 36.1 Å². The molecule has 2 aromatic heterocycles. The van der Waals surface area contributed by atoms with Gasteiger partial charge >= 0.3 is 6.03 Å². The number of amides is 2. The largest absolute Gasteiger partial charge is 0.325 e. The number of hydrazine groups is 1. The minimum atomic E-state index is -0.350. The van der Waals surface area contributed by atoms with Crippen LogP contribution in [0.5, 0.6) is 0 Å². The van der Waals surface area contributed by atoms with Crippen molar-refractivity contribution >= 4 is 63.0 Å². The van der Waals surface area contributed by atoms with Crippen molar-refractivity contribution in [3.8, 4) is 0 Å². The van der Waals surface area contributed by atoms with Crippen molar-refractivity contribution in [3.63, 3.8) is 0 Å². The van der Waals surface area contributed by atoms with E-state index in [9.17, 15) is 4.79 Å². The fraction of sp³-hybridized carbons (Fsp3) is 0.167. The molecule has 1 aromatic carbocycles. The number of anilines is 3. The molecule has 3 heterocycles. The molecule has 0 bridgehead atoms. The van der Waals surface area contributed by atoms with Crippen LogP contribution < -0.4 is 21.1 Å². The molecule has 0 fully saturated rings. The molecule has 0 atom stereocenters. The molecule has 0 aliphatic carbocycles. The van der Waals surface area contributed by atoms with Crippen LogP contribution in [0.2, 0.25) is 5.02 Å². The number of fused-ring (bicyclic) bond motifs is 1. The van der Waals surface area contributed by atoms with Gasteiger partial charge in [-0.2, -0.15) is 0 Å². The monoisotopic (exact) mass is 432 g/mol. The number of aromatic nitrogens is 1. The normalized spacial score (nSPS) is 12.7. The molecule has 0 saturated carbocycles. The van der Waals surface area contributed by atoms with Crippen molar-refractivity contribution in [1.29, 1.82) is 0 Å². The summed E-state index contributed by atoms with van der Waals surface area (Å²) in [5, 5.41) is 10.7. The first-order valence-electron chi connectivity index (χ1n) is 8.54. The lowest BCUT2D eigenvalue weighted by Crippen LogP contribution is -2.41. The van der Waals surface area contributed by atoms with E-state index in [0.717, 1.165) is 28.4 Å². The molecule has 0 saturated heterocycles. The Morgan fingerprint density at radius 1 is 1.29 bits per heavy atom. The van der Waals surface area contributed by atoms with Gasteiger partial charge in [-0.25, -0.2) is 15.2 Å². The smallest absolute Gasteiger partial charge is 0.308 e. The van der Waals surface area contributed by atoms with Gasteiger partial charge in [0.2, 0.25) is 0 Å². The quantitative estimate of drug-likeness (QED) is 0.537. The lowest BCUT2D eigenvalue weighted by atomic mass is 10.3. The molecule has 0 radical (unpaired) electrons. The molecule has 144 valence electrons. The van der Waals surface area contributed by atoms with E-state index < -0.39 is 0 Å². The number of carbonyl (C=O) groups excluding carboxylic acids is 1. The van der Waals surface area contributed by atoms with Crippen LogP contribution in [0.3, 0.4) is 0 Å². The number of urea groups is 1. The summed E-state index contributed by atoms with van der Waals surface area (Å²) < 4.78 is 0. The maximum atomic E-state index is 12.1. The number of thiazole rings is 1. The van der Waals surface area contributed by atoms with Gasteiger partial charge in [0.25, 0.3) is 0 Å². The lowest BCUT2D eigenvalue weighted by molar-refractivity contribution is 0.262. The third-order valence-corrected chi connectivity index (χ3v) is 5.97. The molecule has 1 aliphatic rings. The number of hydrogen-bond acceptors (Lipinski definition) is 7. The molecule has 7 nitrogen and oxygen atoms in total. The first-order chi connectivity index (χ1) is 13.7. The Morgan fingerprint density at radius 2 is 2.21 bits per heavy atom. The summed E-state index contributed by atoms with van der Waals surface area (Å²) in [6.45, 7) is 1.35. The van der Waals surface area contributed by atoms with Crippen molar-refractivity contribution in [1.82, 2.24) is 10.4 Å². The van der Waals surface area contributed by atoms with Gasteiger partial charge in [0.15, 0.2) is 5.13 Å². The minimum Gasteiger partial charge on any atom is -0.308 e. The van der Waals surface area contributed by atoms with Crippen LogP contribution in [-0.4, -0.2) is 30.4 Å². The zero-order valence-electron chi connectivity index (χ0n) is 14.7. The summed E-state index contributed by atoms with van der Waals surface area (Å²) in [6.07, 6.45) is 4.49. The Morgan fingerprint density at radius 3 is 3.11 bits per heavy atom. The number of nitrogens with one attached hydrogen (secondary N) is 3. The Kier molecular flexibility index (Phi) is 5.87. The van der Waals surface area contributed by atoms with Gasteiger partial charge in [-0.1, -0.05) is 17.7 Å². The number of benzene rings is 1. The highest BCUT2D eigenvalue weighted by molar-refractivity contribution is 7.15. The first-order valence-corrected chi connectivity index (χ1v) is 10.6. The number of halogens is 1. The molecule has 2 amide bonds. The molecular weight excluding hydrogens is 416 g/mol. The van der Waals surface area contributed by atoms with Crippen LogP contribution in [0.15, 0.2) is 46.9 Å². The Hall–Kier alpha value is -2.46. The number of thiophene rings is 1. The van der Waals surface area contributed by atoms with E-state index in [1.165, 1.54) is 11.3 Å². The fourth-order valence-corrected chi connectivity index (χ4v) is 4.45. The number of aliphatic imine (C=N–C) groups is 1. The van der Waals surface area contributed by atoms with Crippen molar-refractivity contribution in [2.75, 3.05) is 28.9 Å². The lowest BCUT2D eigenvalue weighted by Gasteiger charge is -2.25. The summed E-state index contributed by atoms with van der Waals surface area (Å²) in [5.41, 5.74) is 5.18. The van der Waals surface area contributed by atoms with E-state index in [0.29, 0.717) is 22.5 Å². The minimum absolute atomic E-state index is 0.350. The van der Waals surface area contributed by atoms with Gasteiger partial charge < -0.3 is 5.32 Å². The van der Waals surface area contributed by atoms with E-state index in [2.05, 4.69) is 37.5 Å². The summed E-state index contributed by atoms with van der Waals surface area (Å²) >= 11 is 9.05. The third-order valence-electron chi connectivity index (χ3n) is 3.93. The second-order valence-corrected chi connectivity index (χ2v) is 8.43. The van der Waals surface area contributed by atoms with Crippen molar-refractivity contribution in [2.45, 2.75) is 6.42 Å². The Bertz CT molecular complexity index is 1000. The van der Waals surface area contributed by atoms with Crippen LogP contribution in [-0.2, 0) is 6.42 Å². The standard InChI is InChI=1S/C18H17ClN6OS2/c19-12-2-1-3-13(8-12)23-17(26)24-18-21-9-14(28-18)4-6-22-25-11-20-10-16-15(25)5-7-27-16/h1-3,5,7-10,22H,4,6,11H2,(H2,21,23,24,26). The second-order valence-electron chi connectivity index (χ2n) is 5.93. The van der Waals surface area contributed by atoms with E-state index in [4.69, 9.17) is 11.6 Å². The number of nitrogens with zero attached hydrogens (tertiary/aromatic N) is 3. The maximum Gasteiger partial charge on any atom is 0.325 e. The summed E-state index contributed by atoms with van der Waals surface area (Å²) in [6, 6.07) is 8.72. The average Bonchev–Trinajstić information content (AvgIpc) is 3.31. The summed E-state index contributed by atoms with van der Waals surface area (Å²) in [5.74, 6) is 0. The molecule has 1 aliphatic heterocycles. The van der Waals surface area contributed by atoms with Gasteiger partial charge in [-0.15, -0.1) is 22.7 Å². The topological polar surface area (TPSA) is 81.6 Å². The van der Waals surface area contributed by atoms with E-state index in [1.54, 1.807) is 41.8 Å². The molecule has 3 N–H and O–H groups in total. The predicted molar refractivity (Wildman–Crippen MR) is 117 cm³/mol. The molecule has 28 heavy (non-hydrogen) atoms. The zero-order chi connectivity index (χ0) is 19.3.